The van der Waals surface area contributed by atoms with E-state index in [0.717, 1.165) is 5.56 Å². The summed E-state index contributed by atoms with van der Waals surface area (Å²) in [6.45, 7) is 7.65. The summed E-state index contributed by atoms with van der Waals surface area (Å²) in [5.74, 6) is -1.02. The lowest BCUT2D eigenvalue weighted by Gasteiger charge is -2.34. The lowest BCUT2D eigenvalue weighted by atomic mass is 9.92. The van der Waals surface area contributed by atoms with Crippen LogP contribution in [0.2, 0.25) is 0 Å². The number of aliphatic carboxylic acids is 1. The first-order valence-electron chi connectivity index (χ1n) is 8.57. The fourth-order valence-electron chi connectivity index (χ4n) is 3.09. The van der Waals surface area contributed by atoms with Gasteiger partial charge in [0.05, 0.1) is 19.3 Å². The van der Waals surface area contributed by atoms with Gasteiger partial charge in [-0.1, -0.05) is 37.3 Å². The first-order valence-corrected chi connectivity index (χ1v) is 8.57. The van der Waals surface area contributed by atoms with Crippen molar-refractivity contribution in [2.75, 3.05) is 6.54 Å². The SMILES string of the molecule is CCC1(C(=O)O)C[C@@H](OCc2ccccc2)CN1C(=O)OC(C)(C)C. The van der Waals surface area contributed by atoms with E-state index < -0.39 is 23.2 Å². The van der Waals surface area contributed by atoms with Crippen molar-refractivity contribution >= 4 is 12.1 Å². The smallest absolute Gasteiger partial charge is 0.411 e. The van der Waals surface area contributed by atoms with E-state index in [1.165, 1.54) is 4.90 Å². The maximum Gasteiger partial charge on any atom is 0.411 e. The number of carboxylic acids is 1. The molecule has 1 saturated heterocycles. The van der Waals surface area contributed by atoms with Crippen molar-refractivity contribution < 1.29 is 24.2 Å². The van der Waals surface area contributed by atoms with E-state index in [1.807, 2.05) is 30.3 Å². The van der Waals surface area contributed by atoms with Crippen molar-refractivity contribution in [2.45, 2.75) is 64.4 Å². The molecule has 6 nitrogen and oxygen atoms in total. The fourth-order valence-corrected chi connectivity index (χ4v) is 3.09. The molecule has 1 aliphatic heterocycles. The summed E-state index contributed by atoms with van der Waals surface area (Å²) in [5, 5.41) is 9.78. The zero-order valence-corrected chi connectivity index (χ0v) is 15.3. The van der Waals surface area contributed by atoms with Gasteiger partial charge in [-0.05, 0) is 32.8 Å². The van der Waals surface area contributed by atoms with Crippen molar-refractivity contribution in [2.24, 2.45) is 0 Å². The summed E-state index contributed by atoms with van der Waals surface area (Å²) in [7, 11) is 0. The number of carbonyl (C=O) groups excluding carboxylic acids is 1. The third kappa shape index (κ3) is 4.51. The third-order valence-corrected chi connectivity index (χ3v) is 4.39. The highest BCUT2D eigenvalue weighted by Gasteiger charge is 2.54. The molecule has 25 heavy (non-hydrogen) atoms. The Balaban J connectivity index is 2.13. The Morgan fingerprint density at radius 1 is 1.28 bits per heavy atom. The zero-order chi connectivity index (χ0) is 18.7. The highest BCUT2D eigenvalue weighted by molar-refractivity contribution is 5.85. The predicted molar refractivity (Wildman–Crippen MR) is 93.2 cm³/mol. The van der Waals surface area contributed by atoms with Crippen molar-refractivity contribution in [3.8, 4) is 0 Å². The molecule has 1 fully saturated rings. The molecule has 0 bridgehead atoms. The molecule has 1 heterocycles. The van der Waals surface area contributed by atoms with Crippen LogP contribution in [0.3, 0.4) is 0 Å². The molecular formula is C19H27NO5. The number of carbonyl (C=O) groups is 2. The van der Waals surface area contributed by atoms with E-state index in [0.29, 0.717) is 13.0 Å². The van der Waals surface area contributed by atoms with Gasteiger partial charge < -0.3 is 14.6 Å². The molecule has 0 aromatic heterocycles. The van der Waals surface area contributed by atoms with Gasteiger partial charge in [-0.3, -0.25) is 4.90 Å². The molecule has 6 heteroatoms. The number of nitrogens with zero attached hydrogens (tertiary/aromatic N) is 1. The molecule has 2 atom stereocenters. The van der Waals surface area contributed by atoms with Gasteiger partial charge in [0.25, 0.3) is 0 Å². The maximum atomic E-state index is 12.5. The number of rotatable bonds is 5. The van der Waals surface area contributed by atoms with E-state index in [2.05, 4.69) is 0 Å². The van der Waals surface area contributed by atoms with Gasteiger partial charge in [0.1, 0.15) is 11.1 Å². The number of amides is 1. The second-order valence-electron chi connectivity index (χ2n) is 7.40. The molecule has 138 valence electrons. The Bertz CT molecular complexity index is 610. The average molecular weight is 349 g/mol. The summed E-state index contributed by atoms with van der Waals surface area (Å²) < 4.78 is 11.3. The Labute approximate surface area is 148 Å². The molecule has 1 N–H and O–H groups in total. The van der Waals surface area contributed by atoms with E-state index >= 15 is 0 Å². The van der Waals surface area contributed by atoms with Crippen LogP contribution in [0.5, 0.6) is 0 Å². The van der Waals surface area contributed by atoms with E-state index in [-0.39, 0.29) is 19.1 Å². The van der Waals surface area contributed by atoms with Crippen LogP contribution >= 0.6 is 0 Å². The average Bonchev–Trinajstić information content (AvgIpc) is 2.93. The number of hydrogen-bond donors (Lipinski definition) is 1. The molecule has 0 saturated carbocycles. The summed E-state index contributed by atoms with van der Waals surface area (Å²) in [6.07, 6.45) is -0.399. The molecule has 0 radical (unpaired) electrons. The second kappa shape index (κ2) is 7.44. The van der Waals surface area contributed by atoms with Gasteiger partial charge in [-0.25, -0.2) is 9.59 Å². The molecule has 2 rings (SSSR count). The minimum atomic E-state index is -1.29. The van der Waals surface area contributed by atoms with Gasteiger partial charge in [0, 0.05) is 6.42 Å². The highest BCUT2D eigenvalue weighted by atomic mass is 16.6. The van der Waals surface area contributed by atoms with Crippen molar-refractivity contribution in [1.82, 2.24) is 4.90 Å². The highest BCUT2D eigenvalue weighted by Crippen LogP contribution is 2.36. The lowest BCUT2D eigenvalue weighted by molar-refractivity contribution is -0.149. The Hall–Kier alpha value is -2.08. The number of ether oxygens (including phenoxy) is 2. The zero-order valence-electron chi connectivity index (χ0n) is 15.3. The van der Waals surface area contributed by atoms with E-state index in [4.69, 9.17) is 9.47 Å². The van der Waals surface area contributed by atoms with Crippen LogP contribution in [-0.4, -0.2) is 45.9 Å². The van der Waals surface area contributed by atoms with Crippen molar-refractivity contribution in [3.63, 3.8) is 0 Å². The van der Waals surface area contributed by atoms with Gasteiger partial charge in [-0.15, -0.1) is 0 Å². The monoisotopic (exact) mass is 349 g/mol. The minimum Gasteiger partial charge on any atom is -0.479 e. The number of likely N-dealkylation sites (tertiary alicyclic amines) is 1. The predicted octanol–water partition coefficient (Wildman–Crippen LogP) is 3.45. The Morgan fingerprint density at radius 2 is 1.92 bits per heavy atom. The molecule has 1 aromatic carbocycles. The number of benzene rings is 1. The number of hydrogen-bond acceptors (Lipinski definition) is 4. The van der Waals surface area contributed by atoms with E-state index in [9.17, 15) is 14.7 Å². The second-order valence-corrected chi connectivity index (χ2v) is 7.40. The first kappa shape index (κ1) is 19.2. The van der Waals surface area contributed by atoms with Crippen LogP contribution in [0.1, 0.15) is 46.1 Å². The Morgan fingerprint density at radius 3 is 2.44 bits per heavy atom. The van der Waals surface area contributed by atoms with E-state index in [1.54, 1.807) is 27.7 Å². The molecule has 1 unspecified atom stereocenters. The van der Waals surface area contributed by atoms with Gasteiger partial charge >= 0.3 is 12.1 Å². The molecule has 1 aliphatic rings. The van der Waals surface area contributed by atoms with Crippen LogP contribution in [0.25, 0.3) is 0 Å². The fraction of sp³-hybridized carbons (Fsp3) is 0.579. The lowest BCUT2D eigenvalue weighted by Crippen LogP contribution is -2.53. The Kier molecular flexibility index (Phi) is 5.72. The summed E-state index contributed by atoms with van der Waals surface area (Å²) in [4.78, 5) is 25.8. The molecule has 0 spiro atoms. The summed E-state index contributed by atoms with van der Waals surface area (Å²) >= 11 is 0. The maximum absolute atomic E-state index is 12.5. The standard InChI is InChI=1S/C19H27NO5/c1-5-19(16(21)22)11-15(24-13-14-9-7-6-8-10-14)12-20(19)17(23)25-18(2,3)4/h6-10,15H,5,11-13H2,1-4H3,(H,21,22)/t15-,19?/m1/s1. The van der Waals surface area contributed by atoms with Crippen molar-refractivity contribution in [1.29, 1.82) is 0 Å². The molecule has 1 aromatic rings. The van der Waals surface area contributed by atoms with Crippen LogP contribution in [0.4, 0.5) is 4.79 Å². The first-order chi connectivity index (χ1) is 11.7. The molecular weight excluding hydrogens is 322 g/mol. The summed E-state index contributed by atoms with van der Waals surface area (Å²) in [5.41, 5.74) is -0.961. The topological polar surface area (TPSA) is 76.1 Å². The molecule has 0 aliphatic carbocycles. The van der Waals surface area contributed by atoms with Crippen LogP contribution in [0.15, 0.2) is 30.3 Å². The van der Waals surface area contributed by atoms with Crippen LogP contribution in [0, 0.1) is 0 Å². The third-order valence-electron chi connectivity index (χ3n) is 4.39. The normalized spacial score (nSPS) is 23.5. The summed E-state index contributed by atoms with van der Waals surface area (Å²) in [6, 6.07) is 9.67. The minimum absolute atomic E-state index is 0.210. The van der Waals surface area contributed by atoms with Crippen LogP contribution < -0.4 is 0 Å². The largest absolute Gasteiger partial charge is 0.479 e. The molecule has 1 amide bonds. The number of carboxylic acid groups (broad SMARTS) is 1. The quantitative estimate of drug-likeness (QED) is 0.881. The van der Waals surface area contributed by atoms with Gasteiger partial charge in [-0.2, -0.15) is 0 Å². The van der Waals surface area contributed by atoms with Crippen molar-refractivity contribution in [3.05, 3.63) is 35.9 Å². The van der Waals surface area contributed by atoms with Gasteiger partial charge in [0.15, 0.2) is 0 Å². The van der Waals surface area contributed by atoms with Crippen LogP contribution in [-0.2, 0) is 20.9 Å². The van der Waals surface area contributed by atoms with Gasteiger partial charge in [0.2, 0.25) is 0 Å².